The topological polar surface area (TPSA) is 55.6 Å². The van der Waals surface area contributed by atoms with Crippen molar-refractivity contribution in [3.8, 4) is 5.75 Å². The van der Waals surface area contributed by atoms with Gasteiger partial charge >= 0.3 is 0 Å². The second-order valence-electron chi connectivity index (χ2n) is 5.04. The Morgan fingerprint density at radius 2 is 1.95 bits per heavy atom. The number of hydrogen-bond acceptors (Lipinski definition) is 3. The number of anilines is 1. The van der Waals surface area contributed by atoms with Crippen molar-refractivity contribution in [2.75, 3.05) is 19.9 Å². The summed E-state index contributed by atoms with van der Waals surface area (Å²) < 4.78 is 5.10. The average Bonchev–Trinajstić information content (AvgIpc) is 2.48. The summed E-state index contributed by atoms with van der Waals surface area (Å²) in [4.78, 5) is 14.2. The molecular weight excluding hydrogens is 264 g/mol. The quantitative estimate of drug-likeness (QED) is 0.878. The highest BCUT2D eigenvalue weighted by molar-refractivity contribution is 5.99. The molecule has 2 N–H and O–H groups in total. The molecule has 1 amide bonds. The minimum Gasteiger partial charge on any atom is -0.497 e. The molecule has 0 heterocycles. The molecule has 0 atom stereocenters. The maximum Gasteiger partial charge on any atom is 0.255 e. The van der Waals surface area contributed by atoms with Crippen LogP contribution in [0.25, 0.3) is 0 Å². The van der Waals surface area contributed by atoms with Crippen LogP contribution in [0.2, 0.25) is 0 Å². The van der Waals surface area contributed by atoms with Gasteiger partial charge in [-0.3, -0.25) is 4.79 Å². The SMILES string of the molecule is COc1ccc(C(=O)N(C)Cc2ccccc2C)c(N)c1. The van der Waals surface area contributed by atoms with E-state index in [4.69, 9.17) is 10.5 Å². The van der Waals surface area contributed by atoms with E-state index >= 15 is 0 Å². The zero-order chi connectivity index (χ0) is 15.4. The summed E-state index contributed by atoms with van der Waals surface area (Å²) in [7, 11) is 3.35. The normalized spacial score (nSPS) is 10.2. The fourth-order valence-corrected chi connectivity index (χ4v) is 2.18. The van der Waals surface area contributed by atoms with Crippen molar-refractivity contribution < 1.29 is 9.53 Å². The lowest BCUT2D eigenvalue weighted by molar-refractivity contribution is 0.0786. The summed E-state index contributed by atoms with van der Waals surface area (Å²) in [5.41, 5.74) is 9.14. The first-order chi connectivity index (χ1) is 10.0. The van der Waals surface area contributed by atoms with E-state index in [0.717, 1.165) is 5.56 Å². The number of nitrogen functional groups attached to an aromatic ring is 1. The lowest BCUT2D eigenvalue weighted by Crippen LogP contribution is -2.27. The van der Waals surface area contributed by atoms with Crippen molar-refractivity contribution in [2.24, 2.45) is 0 Å². The maximum absolute atomic E-state index is 12.5. The van der Waals surface area contributed by atoms with Crippen LogP contribution in [0.1, 0.15) is 21.5 Å². The Hall–Kier alpha value is -2.49. The highest BCUT2D eigenvalue weighted by Crippen LogP contribution is 2.21. The Morgan fingerprint density at radius 3 is 2.57 bits per heavy atom. The van der Waals surface area contributed by atoms with Crippen LogP contribution >= 0.6 is 0 Å². The fourth-order valence-electron chi connectivity index (χ4n) is 2.18. The van der Waals surface area contributed by atoms with E-state index in [1.807, 2.05) is 31.2 Å². The Balaban J connectivity index is 2.18. The molecule has 0 radical (unpaired) electrons. The van der Waals surface area contributed by atoms with Crippen molar-refractivity contribution in [1.82, 2.24) is 4.90 Å². The maximum atomic E-state index is 12.5. The van der Waals surface area contributed by atoms with Gasteiger partial charge in [0.15, 0.2) is 0 Å². The van der Waals surface area contributed by atoms with E-state index < -0.39 is 0 Å². The molecule has 0 spiro atoms. The summed E-state index contributed by atoms with van der Waals surface area (Å²) in [6.07, 6.45) is 0. The summed E-state index contributed by atoms with van der Waals surface area (Å²) in [5.74, 6) is 0.545. The standard InChI is InChI=1S/C17H20N2O2/c1-12-6-4-5-7-13(12)11-19(2)17(20)15-9-8-14(21-3)10-16(15)18/h4-10H,11,18H2,1-3H3. The molecule has 0 aliphatic heterocycles. The van der Waals surface area contributed by atoms with Crippen molar-refractivity contribution >= 4 is 11.6 Å². The van der Waals surface area contributed by atoms with E-state index in [1.165, 1.54) is 5.56 Å². The molecule has 0 bridgehead atoms. The number of benzene rings is 2. The van der Waals surface area contributed by atoms with Crippen molar-refractivity contribution in [3.63, 3.8) is 0 Å². The summed E-state index contributed by atoms with van der Waals surface area (Å²) in [5, 5.41) is 0. The lowest BCUT2D eigenvalue weighted by atomic mass is 10.1. The Labute approximate surface area is 125 Å². The van der Waals surface area contributed by atoms with Gasteiger partial charge in [0.05, 0.1) is 12.7 Å². The minimum absolute atomic E-state index is 0.0987. The third-order valence-electron chi connectivity index (χ3n) is 3.50. The van der Waals surface area contributed by atoms with Crippen LogP contribution < -0.4 is 10.5 Å². The van der Waals surface area contributed by atoms with Crippen molar-refractivity contribution in [3.05, 3.63) is 59.2 Å². The molecule has 4 nitrogen and oxygen atoms in total. The molecule has 0 fully saturated rings. The molecule has 2 rings (SSSR count). The molecule has 4 heteroatoms. The Kier molecular flexibility index (Phi) is 4.48. The fraction of sp³-hybridized carbons (Fsp3) is 0.235. The molecule has 2 aromatic rings. The van der Waals surface area contributed by atoms with Gasteiger partial charge in [0.1, 0.15) is 5.75 Å². The highest BCUT2D eigenvalue weighted by Gasteiger charge is 2.16. The van der Waals surface area contributed by atoms with E-state index in [9.17, 15) is 4.79 Å². The van der Waals surface area contributed by atoms with Gasteiger partial charge in [0.2, 0.25) is 0 Å². The average molecular weight is 284 g/mol. The number of nitrogens with two attached hydrogens (primary N) is 1. The number of rotatable bonds is 4. The Bertz CT molecular complexity index is 653. The van der Waals surface area contributed by atoms with Crippen LogP contribution in [0.15, 0.2) is 42.5 Å². The Morgan fingerprint density at radius 1 is 1.24 bits per heavy atom. The van der Waals surface area contributed by atoms with E-state index in [0.29, 0.717) is 23.5 Å². The molecule has 0 saturated heterocycles. The molecule has 0 unspecified atom stereocenters. The molecule has 0 aromatic heterocycles. The van der Waals surface area contributed by atoms with Crippen LogP contribution in [-0.4, -0.2) is 25.0 Å². The summed E-state index contributed by atoms with van der Waals surface area (Å²) in [6.45, 7) is 2.59. The molecule has 0 aliphatic carbocycles. The van der Waals surface area contributed by atoms with Crippen molar-refractivity contribution in [2.45, 2.75) is 13.5 Å². The van der Waals surface area contributed by atoms with Gasteiger partial charge in [-0.2, -0.15) is 0 Å². The minimum atomic E-state index is -0.0987. The van der Waals surface area contributed by atoms with Gasteiger partial charge in [-0.15, -0.1) is 0 Å². The first-order valence-corrected chi connectivity index (χ1v) is 6.76. The lowest BCUT2D eigenvalue weighted by Gasteiger charge is -2.19. The van der Waals surface area contributed by atoms with Gasteiger partial charge in [-0.1, -0.05) is 24.3 Å². The molecule has 110 valence electrons. The zero-order valence-electron chi connectivity index (χ0n) is 12.6. The first-order valence-electron chi connectivity index (χ1n) is 6.76. The molecule has 0 saturated carbocycles. The van der Waals surface area contributed by atoms with E-state index in [2.05, 4.69) is 0 Å². The molecule has 21 heavy (non-hydrogen) atoms. The predicted octanol–water partition coefficient (Wildman–Crippen LogP) is 2.86. The van der Waals surface area contributed by atoms with Gasteiger partial charge in [-0.25, -0.2) is 0 Å². The largest absolute Gasteiger partial charge is 0.497 e. The van der Waals surface area contributed by atoms with Crippen LogP contribution in [0.3, 0.4) is 0 Å². The number of aryl methyl sites for hydroxylation is 1. The molecular formula is C17H20N2O2. The van der Waals surface area contributed by atoms with Crippen LogP contribution in [0, 0.1) is 6.92 Å². The number of nitrogens with zero attached hydrogens (tertiary/aromatic N) is 1. The third kappa shape index (κ3) is 3.34. The van der Waals surface area contributed by atoms with Crippen LogP contribution in [0.4, 0.5) is 5.69 Å². The monoisotopic (exact) mass is 284 g/mol. The summed E-state index contributed by atoms with van der Waals surface area (Å²) in [6, 6.07) is 13.1. The van der Waals surface area contributed by atoms with Crippen LogP contribution in [-0.2, 0) is 6.54 Å². The van der Waals surface area contributed by atoms with Gasteiger partial charge in [0, 0.05) is 25.3 Å². The van der Waals surface area contributed by atoms with Gasteiger partial charge in [-0.05, 0) is 30.2 Å². The van der Waals surface area contributed by atoms with Gasteiger partial charge in [0.25, 0.3) is 5.91 Å². The third-order valence-corrected chi connectivity index (χ3v) is 3.50. The second-order valence-corrected chi connectivity index (χ2v) is 5.04. The number of amides is 1. The number of methoxy groups -OCH3 is 1. The smallest absolute Gasteiger partial charge is 0.255 e. The van der Waals surface area contributed by atoms with E-state index in [1.54, 1.807) is 37.3 Å². The number of ether oxygens (including phenoxy) is 1. The first kappa shape index (κ1) is 14.9. The zero-order valence-corrected chi connectivity index (χ0v) is 12.6. The van der Waals surface area contributed by atoms with Gasteiger partial charge < -0.3 is 15.4 Å². The second kappa shape index (κ2) is 6.31. The van der Waals surface area contributed by atoms with Crippen LogP contribution in [0.5, 0.6) is 5.75 Å². The number of carbonyl (C=O) groups is 1. The molecule has 0 aliphatic rings. The number of hydrogen-bond donors (Lipinski definition) is 1. The highest BCUT2D eigenvalue weighted by atomic mass is 16.5. The predicted molar refractivity (Wildman–Crippen MR) is 84.4 cm³/mol. The van der Waals surface area contributed by atoms with Crippen molar-refractivity contribution in [1.29, 1.82) is 0 Å². The van der Waals surface area contributed by atoms with E-state index in [-0.39, 0.29) is 5.91 Å². The summed E-state index contributed by atoms with van der Waals surface area (Å²) >= 11 is 0. The number of carbonyl (C=O) groups excluding carboxylic acids is 1. The molecule has 2 aromatic carbocycles.